The highest BCUT2D eigenvalue weighted by molar-refractivity contribution is 14.0. The molecular formula is C14H27IN4. The third kappa shape index (κ3) is 4.77. The first kappa shape index (κ1) is 15.4. The first-order valence-electron chi connectivity index (χ1n) is 7.64. The van der Waals surface area contributed by atoms with Gasteiger partial charge in [0.15, 0.2) is 5.96 Å². The Hall–Kier alpha value is -0.0400. The van der Waals surface area contributed by atoms with Gasteiger partial charge in [-0.15, -0.1) is 24.0 Å². The van der Waals surface area contributed by atoms with Crippen molar-refractivity contribution in [2.24, 2.45) is 10.9 Å². The number of likely N-dealkylation sites (tertiary alicyclic amines) is 1. The molecule has 0 radical (unpaired) electrons. The van der Waals surface area contributed by atoms with Gasteiger partial charge in [0, 0.05) is 31.7 Å². The minimum atomic E-state index is 0. The molecule has 0 aromatic rings. The number of nitrogens with one attached hydrogen (secondary N) is 2. The van der Waals surface area contributed by atoms with Crippen molar-refractivity contribution in [1.82, 2.24) is 15.5 Å². The predicted octanol–water partition coefficient (Wildman–Crippen LogP) is 1.81. The van der Waals surface area contributed by atoms with E-state index in [1.165, 1.54) is 45.2 Å². The molecule has 0 bridgehead atoms. The van der Waals surface area contributed by atoms with Crippen LogP contribution in [0.5, 0.6) is 0 Å². The third-order valence-electron chi connectivity index (χ3n) is 4.15. The number of aliphatic imine (C=N–C) groups is 1. The normalized spacial score (nSPS) is 28.1. The summed E-state index contributed by atoms with van der Waals surface area (Å²) in [4.78, 5) is 7.43. The second kappa shape index (κ2) is 7.11. The molecule has 0 spiro atoms. The van der Waals surface area contributed by atoms with E-state index in [-0.39, 0.29) is 24.0 Å². The number of guanidine groups is 1. The highest BCUT2D eigenvalue weighted by Gasteiger charge is 2.34. The average molecular weight is 378 g/mol. The minimum absolute atomic E-state index is 0. The zero-order chi connectivity index (χ0) is 12.4. The van der Waals surface area contributed by atoms with Gasteiger partial charge in [-0.2, -0.15) is 0 Å². The van der Waals surface area contributed by atoms with E-state index < -0.39 is 0 Å². The summed E-state index contributed by atoms with van der Waals surface area (Å²) in [7, 11) is 0. The fourth-order valence-electron chi connectivity index (χ4n) is 2.74. The van der Waals surface area contributed by atoms with Crippen molar-refractivity contribution in [2.75, 3.05) is 26.2 Å². The maximum Gasteiger partial charge on any atom is 0.191 e. The van der Waals surface area contributed by atoms with E-state index in [0.29, 0.717) is 6.04 Å². The van der Waals surface area contributed by atoms with E-state index in [1.807, 2.05) is 0 Å². The second-order valence-electron chi connectivity index (χ2n) is 6.02. The summed E-state index contributed by atoms with van der Waals surface area (Å²) in [5, 5.41) is 6.84. The highest BCUT2D eigenvalue weighted by atomic mass is 127. The van der Waals surface area contributed by atoms with Crippen molar-refractivity contribution in [3.8, 4) is 0 Å². The van der Waals surface area contributed by atoms with Gasteiger partial charge < -0.3 is 15.5 Å². The maximum absolute atomic E-state index is 4.76. The van der Waals surface area contributed by atoms with Crippen molar-refractivity contribution in [2.45, 2.75) is 51.1 Å². The first-order valence-corrected chi connectivity index (χ1v) is 7.64. The third-order valence-corrected chi connectivity index (χ3v) is 4.15. The zero-order valence-corrected chi connectivity index (χ0v) is 14.2. The molecule has 2 aliphatic carbocycles. The molecule has 3 rings (SSSR count). The fourth-order valence-corrected chi connectivity index (χ4v) is 2.74. The lowest BCUT2D eigenvalue weighted by molar-refractivity contribution is 0.315. The Morgan fingerprint density at radius 2 is 2.00 bits per heavy atom. The van der Waals surface area contributed by atoms with Gasteiger partial charge >= 0.3 is 0 Å². The molecular weight excluding hydrogens is 351 g/mol. The summed E-state index contributed by atoms with van der Waals surface area (Å²) in [5.41, 5.74) is 0. The summed E-state index contributed by atoms with van der Waals surface area (Å²) in [6.07, 6.45) is 6.82. The number of halogens is 1. The van der Waals surface area contributed by atoms with Gasteiger partial charge in [-0.25, -0.2) is 0 Å². The minimum Gasteiger partial charge on any atom is -0.357 e. The van der Waals surface area contributed by atoms with Crippen molar-refractivity contribution in [3.63, 3.8) is 0 Å². The van der Waals surface area contributed by atoms with E-state index >= 15 is 0 Å². The number of hydrogen-bond donors (Lipinski definition) is 2. The van der Waals surface area contributed by atoms with Gasteiger partial charge in [-0.3, -0.25) is 4.99 Å². The molecule has 0 aromatic carbocycles. The molecule has 1 heterocycles. The van der Waals surface area contributed by atoms with Crippen molar-refractivity contribution < 1.29 is 0 Å². The maximum atomic E-state index is 4.76. The Balaban J connectivity index is 0.00000133. The summed E-state index contributed by atoms with van der Waals surface area (Å²) in [6, 6.07) is 1.62. The molecule has 4 nitrogen and oxygen atoms in total. The van der Waals surface area contributed by atoms with Crippen molar-refractivity contribution >= 4 is 29.9 Å². The molecule has 3 fully saturated rings. The van der Waals surface area contributed by atoms with Crippen molar-refractivity contribution in [1.29, 1.82) is 0 Å². The summed E-state index contributed by atoms with van der Waals surface area (Å²) < 4.78 is 0. The lowest BCUT2D eigenvalue weighted by atomic mass is 10.1. The van der Waals surface area contributed by atoms with Crippen LogP contribution in [0.1, 0.15) is 39.0 Å². The Morgan fingerprint density at radius 1 is 1.21 bits per heavy atom. The second-order valence-corrected chi connectivity index (χ2v) is 6.02. The smallest absolute Gasteiger partial charge is 0.191 e. The molecule has 1 unspecified atom stereocenters. The van der Waals surface area contributed by atoms with Crippen LogP contribution in [0, 0.1) is 5.92 Å². The number of nitrogens with zero attached hydrogens (tertiary/aromatic N) is 2. The molecule has 3 aliphatic rings. The Bertz CT molecular complexity index is 313. The van der Waals surface area contributed by atoms with Crippen LogP contribution in [0.2, 0.25) is 0 Å². The molecule has 19 heavy (non-hydrogen) atoms. The lowest BCUT2D eigenvalue weighted by Gasteiger charge is -2.14. The van der Waals surface area contributed by atoms with Gasteiger partial charge in [0.2, 0.25) is 0 Å². The van der Waals surface area contributed by atoms with Crippen molar-refractivity contribution in [3.05, 3.63) is 0 Å². The SMILES string of the molecule is CCNC(=NCC1CCN(C2CC2)C1)NC1CC1.I. The highest BCUT2D eigenvalue weighted by Crippen LogP contribution is 2.31. The predicted molar refractivity (Wildman–Crippen MR) is 90.3 cm³/mol. The Labute approximate surface area is 133 Å². The summed E-state index contributed by atoms with van der Waals surface area (Å²) >= 11 is 0. The van der Waals surface area contributed by atoms with Gasteiger partial charge in [0.1, 0.15) is 0 Å². The molecule has 2 saturated carbocycles. The lowest BCUT2D eigenvalue weighted by Crippen LogP contribution is -2.39. The van der Waals surface area contributed by atoms with E-state index in [1.54, 1.807) is 0 Å². The topological polar surface area (TPSA) is 39.7 Å². The van der Waals surface area contributed by atoms with Crippen LogP contribution in [0.25, 0.3) is 0 Å². The van der Waals surface area contributed by atoms with E-state index in [2.05, 4.69) is 22.5 Å². The van der Waals surface area contributed by atoms with Gasteiger partial charge in [-0.1, -0.05) is 0 Å². The average Bonchev–Trinajstić information content (AvgIpc) is 3.28. The van der Waals surface area contributed by atoms with Crippen LogP contribution in [0.4, 0.5) is 0 Å². The molecule has 1 atom stereocenters. The van der Waals surface area contributed by atoms with E-state index in [9.17, 15) is 0 Å². The van der Waals surface area contributed by atoms with Crippen LogP contribution in [-0.4, -0.2) is 49.1 Å². The summed E-state index contributed by atoms with van der Waals surface area (Å²) in [5.74, 6) is 1.81. The van der Waals surface area contributed by atoms with E-state index in [4.69, 9.17) is 4.99 Å². The molecule has 1 aliphatic heterocycles. The standard InChI is InChI=1S/C14H26N4.HI/c1-2-15-14(17-12-3-4-12)16-9-11-7-8-18(10-11)13-5-6-13;/h11-13H,2-10H2,1H3,(H2,15,16,17);1H. The Morgan fingerprint density at radius 3 is 2.63 bits per heavy atom. The summed E-state index contributed by atoms with van der Waals surface area (Å²) in [6.45, 7) is 6.66. The fraction of sp³-hybridized carbons (Fsp3) is 0.929. The van der Waals surface area contributed by atoms with Crippen LogP contribution in [-0.2, 0) is 0 Å². The first-order chi connectivity index (χ1) is 8.85. The quantitative estimate of drug-likeness (QED) is 0.436. The molecule has 5 heteroatoms. The Kier molecular flexibility index (Phi) is 5.74. The number of rotatable bonds is 5. The largest absolute Gasteiger partial charge is 0.357 e. The van der Waals surface area contributed by atoms with Crippen LogP contribution in [0.15, 0.2) is 4.99 Å². The van der Waals surface area contributed by atoms with Crippen LogP contribution >= 0.6 is 24.0 Å². The monoisotopic (exact) mass is 378 g/mol. The molecule has 110 valence electrons. The molecule has 0 aromatic heterocycles. The van der Waals surface area contributed by atoms with Gasteiger partial charge in [0.25, 0.3) is 0 Å². The molecule has 0 amide bonds. The molecule has 2 N–H and O–H groups in total. The zero-order valence-electron chi connectivity index (χ0n) is 11.9. The van der Waals surface area contributed by atoms with Crippen LogP contribution < -0.4 is 10.6 Å². The van der Waals surface area contributed by atoms with Crippen LogP contribution in [0.3, 0.4) is 0 Å². The number of hydrogen-bond acceptors (Lipinski definition) is 2. The molecule has 1 saturated heterocycles. The van der Waals surface area contributed by atoms with Gasteiger partial charge in [-0.05, 0) is 51.5 Å². The van der Waals surface area contributed by atoms with Gasteiger partial charge in [0.05, 0.1) is 0 Å². The van der Waals surface area contributed by atoms with E-state index in [0.717, 1.165) is 31.0 Å².